The summed E-state index contributed by atoms with van der Waals surface area (Å²) in [5.41, 5.74) is 1.11. The number of hydrogen-bond acceptors (Lipinski definition) is 3. The Morgan fingerprint density at radius 2 is 1.88 bits per heavy atom. The maximum absolute atomic E-state index is 12.6. The molecule has 0 bridgehead atoms. The van der Waals surface area contributed by atoms with Gasteiger partial charge in [-0.1, -0.05) is 36.7 Å². The number of hydrogen-bond donors (Lipinski definition) is 1. The number of aromatic nitrogens is 1. The number of nitrogens with one attached hydrogen (secondary N) is 1. The summed E-state index contributed by atoms with van der Waals surface area (Å²) in [5.74, 6) is -0.131. The highest BCUT2D eigenvalue weighted by atomic mass is 35.5. The molecule has 5 nitrogen and oxygen atoms in total. The second kappa shape index (κ2) is 7.70. The summed E-state index contributed by atoms with van der Waals surface area (Å²) in [7, 11) is 1.76. The van der Waals surface area contributed by atoms with E-state index in [0.717, 1.165) is 36.6 Å². The summed E-state index contributed by atoms with van der Waals surface area (Å²) in [4.78, 5) is 25.0. The van der Waals surface area contributed by atoms with E-state index in [9.17, 15) is 9.59 Å². The molecule has 0 spiro atoms. The van der Waals surface area contributed by atoms with Crippen LogP contribution >= 0.6 is 11.6 Å². The molecule has 26 heavy (non-hydrogen) atoms. The van der Waals surface area contributed by atoms with E-state index in [1.54, 1.807) is 18.5 Å². The van der Waals surface area contributed by atoms with Crippen LogP contribution in [0.5, 0.6) is 0 Å². The largest absolute Gasteiger partial charge is 0.448 e. The first-order valence-electron chi connectivity index (χ1n) is 9.12. The van der Waals surface area contributed by atoms with Crippen LogP contribution < -0.4 is 5.32 Å². The number of carbonyl (C=O) groups is 2. The third-order valence-corrected chi connectivity index (χ3v) is 5.64. The van der Waals surface area contributed by atoms with E-state index in [-0.39, 0.29) is 17.6 Å². The van der Waals surface area contributed by atoms with Gasteiger partial charge < -0.3 is 14.6 Å². The topological polar surface area (TPSA) is 60.3 Å². The zero-order chi connectivity index (χ0) is 18.8. The van der Waals surface area contributed by atoms with Crippen molar-refractivity contribution >= 4 is 34.4 Å². The molecule has 0 radical (unpaired) electrons. The quantitative estimate of drug-likeness (QED) is 0.818. The van der Waals surface area contributed by atoms with Gasteiger partial charge in [-0.3, -0.25) is 4.79 Å². The van der Waals surface area contributed by atoms with Crippen LogP contribution in [0.1, 0.15) is 50.0 Å². The highest BCUT2D eigenvalue weighted by Crippen LogP contribution is 2.30. The van der Waals surface area contributed by atoms with Gasteiger partial charge in [-0.2, -0.15) is 0 Å². The Kier molecular flexibility index (Phi) is 5.56. The minimum atomic E-state index is -0.865. The van der Waals surface area contributed by atoms with Gasteiger partial charge in [-0.05, 0) is 44.6 Å². The maximum Gasteiger partial charge on any atom is 0.357 e. The highest BCUT2D eigenvalue weighted by Gasteiger charge is 2.27. The van der Waals surface area contributed by atoms with Gasteiger partial charge >= 0.3 is 5.97 Å². The molecule has 1 aromatic heterocycles. The lowest BCUT2D eigenvalue weighted by Crippen LogP contribution is -2.43. The first-order chi connectivity index (χ1) is 12.4. The smallest absolute Gasteiger partial charge is 0.357 e. The van der Waals surface area contributed by atoms with Crippen LogP contribution in [0, 0.1) is 5.92 Å². The first kappa shape index (κ1) is 18.8. The Morgan fingerprint density at radius 3 is 2.54 bits per heavy atom. The lowest BCUT2D eigenvalue weighted by Gasteiger charge is -2.27. The number of halogens is 1. The molecule has 0 unspecified atom stereocenters. The van der Waals surface area contributed by atoms with E-state index in [4.69, 9.17) is 16.3 Å². The number of carbonyl (C=O) groups excluding carboxylic acids is 2. The van der Waals surface area contributed by atoms with Gasteiger partial charge in [0, 0.05) is 24.0 Å². The zero-order valence-electron chi connectivity index (χ0n) is 15.4. The average molecular weight is 377 g/mol. The van der Waals surface area contributed by atoms with E-state index in [2.05, 4.69) is 12.2 Å². The van der Waals surface area contributed by atoms with Gasteiger partial charge in [0.1, 0.15) is 5.69 Å². The van der Waals surface area contributed by atoms with E-state index in [1.165, 1.54) is 0 Å². The standard InChI is InChI=1S/C20H25ClN2O3/c1-12-8-10-14(11-9-12)22-19(24)13(2)26-20(25)18-17(21)15-6-4-5-7-16(15)23(18)3/h4-7,12-14H,8-11H2,1-3H3,(H,22,24)/t12?,13-,14?/m0/s1. The molecular formula is C20H25ClN2O3. The number of amides is 1. The first-order valence-corrected chi connectivity index (χ1v) is 9.50. The molecule has 1 N–H and O–H groups in total. The SMILES string of the molecule is CC1CCC(NC(=O)[C@H](C)OC(=O)c2c(Cl)c3ccccc3n2C)CC1. The van der Waals surface area contributed by atoms with E-state index < -0.39 is 12.1 Å². The molecule has 1 aromatic carbocycles. The lowest BCUT2D eigenvalue weighted by molar-refractivity contribution is -0.130. The van der Waals surface area contributed by atoms with Crippen molar-refractivity contribution in [2.45, 2.75) is 51.7 Å². The van der Waals surface area contributed by atoms with Crippen LogP contribution in [0.25, 0.3) is 10.9 Å². The van der Waals surface area contributed by atoms with Crippen LogP contribution in [-0.2, 0) is 16.6 Å². The van der Waals surface area contributed by atoms with E-state index in [0.29, 0.717) is 10.9 Å². The second-order valence-electron chi connectivity index (χ2n) is 7.25. The Hall–Kier alpha value is -2.01. The molecule has 0 saturated heterocycles. The number of rotatable bonds is 4. The van der Waals surface area contributed by atoms with Gasteiger partial charge in [0.05, 0.1) is 5.02 Å². The van der Waals surface area contributed by atoms with E-state index in [1.807, 2.05) is 24.3 Å². The van der Waals surface area contributed by atoms with Crippen molar-refractivity contribution in [3.05, 3.63) is 35.0 Å². The molecule has 3 rings (SSSR count). The molecule has 1 atom stereocenters. The predicted octanol–water partition coefficient (Wildman–Crippen LogP) is 4.07. The summed E-state index contributed by atoms with van der Waals surface area (Å²) >= 11 is 6.37. The van der Waals surface area contributed by atoms with Crippen LogP contribution in [0.3, 0.4) is 0 Å². The Balaban J connectivity index is 1.67. The number of fused-ring (bicyclic) bond motifs is 1. The second-order valence-corrected chi connectivity index (χ2v) is 7.63. The fourth-order valence-corrected chi connectivity index (χ4v) is 3.93. The number of esters is 1. The molecule has 1 aliphatic carbocycles. The van der Waals surface area contributed by atoms with Gasteiger partial charge in [0.25, 0.3) is 5.91 Å². The molecular weight excluding hydrogens is 352 g/mol. The fraction of sp³-hybridized carbons (Fsp3) is 0.500. The van der Waals surface area contributed by atoms with Gasteiger partial charge in [0.2, 0.25) is 0 Å². The number of nitrogens with zero attached hydrogens (tertiary/aromatic N) is 1. The van der Waals surface area contributed by atoms with Crippen LogP contribution in [-0.4, -0.2) is 28.6 Å². The van der Waals surface area contributed by atoms with Crippen molar-refractivity contribution in [3.8, 4) is 0 Å². The number of ether oxygens (including phenoxy) is 1. The molecule has 0 aliphatic heterocycles. The molecule has 140 valence electrons. The highest BCUT2D eigenvalue weighted by molar-refractivity contribution is 6.38. The van der Waals surface area contributed by atoms with Gasteiger partial charge in [0.15, 0.2) is 6.10 Å². The van der Waals surface area contributed by atoms with Crippen molar-refractivity contribution in [2.75, 3.05) is 0 Å². The number of para-hydroxylation sites is 1. The number of aryl methyl sites for hydroxylation is 1. The van der Waals surface area contributed by atoms with Crippen molar-refractivity contribution < 1.29 is 14.3 Å². The molecule has 1 fully saturated rings. The summed E-state index contributed by atoms with van der Waals surface area (Å²) < 4.78 is 7.10. The minimum Gasteiger partial charge on any atom is -0.448 e. The zero-order valence-corrected chi connectivity index (χ0v) is 16.2. The third-order valence-electron chi connectivity index (χ3n) is 5.25. The number of benzene rings is 1. The molecule has 1 heterocycles. The Bertz CT molecular complexity index is 783. The summed E-state index contributed by atoms with van der Waals surface area (Å²) in [5, 5.41) is 4.13. The van der Waals surface area contributed by atoms with Crippen molar-refractivity contribution in [1.29, 1.82) is 0 Å². The van der Waals surface area contributed by atoms with Crippen LogP contribution in [0.4, 0.5) is 0 Å². The van der Waals surface area contributed by atoms with Crippen LogP contribution in [0.15, 0.2) is 24.3 Å². The normalized spacial score (nSPS) is 21.4. The maximum atomic E-state index is 12.6. The Morgan fingerprint density at radius 1 is 1.23 bits per heavy atom. The van der Waals surface area contributed by atoms with Crippen molar-refractivity contribution in [3.63, 3.8) is 0 Å². The van der Waals surface area contributed by atoms with E-state index >= 15 is 0 Å². The molecule has 1 amide bonds. The molecule has 1 saturated carbocycles. The Labute approximate surface area is 158 Å². The molecule has 6 heteroatoms. The monoisotopic (exact) mass is 376 g/mol. The van der Waals surface area contributed by atoms with Gasteiger partial charge in [-0.25, -0.2) is 4.79 Å². The average Bonchev–Trinajstić information content (AvgIpc) is 2.88. The predicted molar refractivity (Wildman–Crippen MR) is 102 cm³/mol. The van der Waals surface area contributed by atoms with Crippen molar-refractivity contribution in [1.82, 2.24) is 9.88 Å². The molecule has 2 aromatic rings. The summed E-state index contributed by atoms with van der Waals surface area (Å²) in [6.45, 7) is 3.82. The van der Waals surface area contributed by atoms with Gasteiger partial charge in [-0.15, -0.1) is 0 Å². The lowest BCUT2D eigenvalue weighted by atomic mass is 9.87. The third kappa shape index (κ3) is 3.73. The fourth-order valence-electron chi connectivity index (χ4n) is 3.57. The van der Waals surface area contributed by atoms with Crippen LogP contribution in [0.2, 0.25) is 5.02 Å². The molecule has 1 aliphatic rings. The summed E-state index contributed by atoms with van der Waals surface area (Å²) in [6, 6.07) is 7.66. The summed E-state index contributed by atoms with van der Waals surface area (Å²) in [6.07, 6.45) is 3.32. The van der Waals surface area contributed by atoms with Crippen molar-refractivity contribution in [2.24, 2.45) is 13.0 Å². The minimum absolute atomic E-state index is 0.168.